The summed E-state index contributed by atoms with van der Waals surface area (Å²) in [4.78, 5) is 11.7. The van der Waals surface area contributed by atoms with Crippen LogP contribution in [0.3, 0.4) is 0 Å². The van der Waals surface area contributed by atoms with Crippen LogP contribution in [0.25, 0.3) is 0 Å². The number of nitrogens with zero attached hydrogens (tertiary/aromatic N) is 5. The van der Waals surface area contributed by atoms with E-state index in [4.69, 9.17) is 11.5 Å². The van der Waals surface area contributed by atoms with Crippen LogP contribution in [0.2, 0.25) is 0 Å². The van der Waals surface area contributed by atoms with Gasteiger partial charge in [0.05, 0.1) is 11.9 Å². The fourth-order valence-corrected chi connectivity index (χ4v) is 1.32. The van der Waals surface area contributed by atoms with Gasteiger partial charge in [-0.2, -0.15) is 9.78 Å². The molecule has 2 aromatic heterocycles. The highest BCUT2D eigenvalue weighted by molar-refractivity contribution is 5.80. The van der Waals surface area contributed by atoms with Gasteiger partial charge in [0.25, 0.3) is 5.91 Å². The lowest BCUT2D eigenvalue weighted by Crippen LogP contribution is -2.21. The largest absolute Gasteiger partial charge is 0.383 e. The van der Waals surface area contributed by atoms with Crippen molar-refractivity contribution in [1.82, 2.24) is 24.8 Å². The number of hydrogen-bond acceptors (Lipinski definition) is 6. The van der Waals surface area contributed by atoms with Crippen LogP contribution < -0.4 is 11.5 Å². The molecule has 8 heteroatoms. The molecule has 0 unspecified atom stereocenters. The first-order valence-corrected chi connectivity index (χ1v) is 4.57. The zero-order valence-electron chi connectivity index (χ0n) is 8.66. The van der Waals surface area contributed by atoms with Crippen LogP contribution in [0.5, 0.6) is 0 Å². The van der Waals surface area contributed by atoms with Gasteiger partial charge in [-0.3, -0.25) is 4.79 Å². The molecule has 0 spiro atoms. The maximum Gasteiger partial charge on any atom is 0.270 e. The number of nitrogens with two attached hydrogens (primary N) is 2. The van der Waals surface area contributed by atoms with Crippen LogP contribution in [-0.4, -0.2) is 30.7 Å². The molecule has 0 saturated carbocycles. The second-order valence-corrected chi connectivity index (χ2v) is 3.36. The van der Waals surface area contributed by atoms with Crippen LogP contribution >= 0.6 is 0 Å². The summed E-state index contributed by atoms with van der Waals surface area (Å²) in [5, 5.41) is 11.2. The number of aromatic nitrogens is 5. The van der Waals surface area contributed by atoms with Crippen molar-refractivity contribution in [2.24, 2.45) is 0 Å². The summed E-state index contributed by atoms with van der Waals surface area (Å²) in [5.74, 6) is 0.267. The summed E-state index contributed by atoms with van der Waals surface area (Å²) in [5.41, 5.74) is 11.7. The Morgan fingerprint density at radius 3 is 2.75 bits per heavy atom. The Morgan fingerprint density at radius 1 is 1.50 bits per heavy atom. The monoisotopic (exact) mass is 221 g/mol. The Bertz CT molecular complexity index is 526. The molecule has 8 nitrogen and oxygen atoms in total. The predicted octanol–water partition coefficient (Wildman–Crippen LogP) is -0.712. The first-order chi connectivity index (χ1) is 7.56. The topological polar surface area (TPSA) is 118 Å². The molecule has 0 bridgehead atoms. The van der Waals surface area contributed by atoms with Crippen LogP contribution in [0.1, 0.15) is 10.5 Å². The van der Waals surface area contributed by atoms with E-state index in [-0.39, 0.29) is 18.3 Å². The van der Waals surface area contributed by atoms with E-state index in [0.717, 1.165) is 4.68 Å². The van der Waals surface area contributed by atoms with Gasteiger partial charge in [-0.15, -0.1) is 5.10 Å². The normalized spacial score (nSPS) is 10.6. The van der Waals surface area contributed by atoms with E-state index >= 15 is 0 Å². The Kier molecular flexibility index (Phi) is 2.31. The number of carbonyl (C=O) groups excluding carboxylic acids is 1. The molecule has 0 radical (unpaired) electrons. The molecule has 0 aliphatic carbocycles. The van der Waals surface area contributed by atoms with E-state index in [1.54, 1.807) is 13.0 Å². The molecule has 0 amide bonds. The standard InChI is InChI=1S/C8H11N7O/c1-5-2-7(10)15(12-5)8(16)4-14-3-6(9)11-13-14/h2-3H,4,9-10H2,1H3. The van der Waals surface area contributed by atoms with E-state index in [1.807, 2.05) is 0 Å². The number of carbonyl (C=O) groups is 1. The molecule has 0 fully saturated rings. The maximum atomic E-state index is 11.7. The quantitative estimate of drug-likeness (QED) is 0.691. The summed E-state index contributed by atoms with van der Waals surface area (Å²) >= 11 is 0. The molecule has 2 heterocycles. The van der Waals surface area contributed by atoms with Crippen molar-refractivity contribution >= 4 is 17.5 Å². The van der Waals surface area contributed by atoms with Crippen molar-refractivity contribution in [2.75, 3.05) is 11.5 Å². The van der Waals surface area contributed by atoms with Crippen LogP contribution in [0.15, 0.2) is 12.3 Å². The van der Waals surface area contributed by atoms with Crippen molar-refractivity contribution < 1.29 is 4.79 Å². The van der Waals surface area contributed by atoms with Crippen molar-refractivity contribution in [3.05, 3.63) is 18.0 Å². The van der Waals surface area contributed by atoms with E-state index in [9.17, 15) is 4.79 Å². The average molecular weight is 221 g/mol. The van der Waals surface area contributed by atoms with Crippen LogP contribution in [-0.2, 0) is 6.54 Å². The lowest BCUT2D eigenvalue weighted by atomic mass is 10.5. The molecule has 2 aromatic rings. The summed E-state index contributed by atoms with van der Waals surface area (Å²) < 4.78 is 2.46. The molecule has 84 valence electrons. The highest BCUT2D eigenvalue weighted by Gasteiger charge is 2.12. The summed E-state index contributed by atoms with van der Waals surface area (Å²) in [6.07, 6.45) is 1.46. The zero-order valence-corrected chi connectivity index (χ0v) is 8.66. The Morgan fingerprint density at radius 2 is 2.25 bits per heavy atom. The molecular weight excluding hydrogens is 210 g/mol. The van der Waals surface area contributed by atoms with Gasteiger partial charge in [-0.05, 0) is 6.92 Å². The Balaban J connectivity index is 2.17. The number of rotatable bonds is 2. The van der Waals surface area contributed by atoms with Gasteiger partial charge in [-0.25, -0.2) is 4.68 Å². The van der Waals surface area contributed by atoms with Crippen molar-refractivity contribution in [3.63, 3.8) is 0 Å². The second kappa shape index (κ2) is 3.65. The molecule has 0 aromatic carbocycles. The van der Waals surface area contributed by atoms with E-state index in [1.165, 1.54) is 10.9 Å². The molecular formula is C8H11N7O. The van der Waals surface area contributed by atoms with Crippen LogP contribution in [0.4, 0.5) is 11.6 Å². The molecule has 0 aliphatic heterocycles. The van der Waals surface area contributed by atoms with Crippen molar-refractivity contribution in [1.29, 1.82) is 0 Å². The average Bonchev–Trinajstić information content (AvgIpc) is 2.73. The number of anilines is 2. The highest BCUT2D eigenvalue weighted by Crippen LogP contribution is 2.05. The SMILES string of the molecule is Cc1cc(N)n(C(=O)Cn2cc(N)nn2)n1. The maximum absolute atomic E-state index is 11.7. The lowest BCUT2D eigenvalue weighted by molar-refractivity contribution is 0.0872. The summed E-state index contributed by atoms with van der Waals surface area (Å²) in [7, 11) is 0. The van der Waals surface area contributed by atoms with Gasteiger partial charge in [0.1, 0.15) is 12.4 Å². The fourth-order valence-electron chi connectivity index (χ4n) is 1.32. The summed E-state index contributed by atoms with van der Waals surface area (Å²) in [6, 6.07) is 1.62. The summed E-state index contributed by atoms with van der Waals surface area (Å²) in [6.45, 7) is 1.75. The molecule has 16 heavy (non-hydrogen) atoms. The van der Waals surface area contributed by atoms with Gasteiger partial charge in [0, 0.05) is 6.07 Å². The third kappa shape index (κ3) is 1.85. The molecule has 4 N–H and O–H groups in total. The number of aryl methyl sites for hydroxylation is 1. The smallest absolute Gasteiger partial charge is 0.270 e. The van der Waals surface area contributed by atoms with E-state index < -0.39 is 0 Å². The minimum absolute atomic E-state index is 0.00444. The second-order valence-electron chi connectivity index (χ2n) is 3.36. The van der Waals surface area contributed by atoms with Crippen molar-refractivity contribution in [2.45, 2.75) is 13.5 Å². The minimum Gasteiger partial charge on any atom is -0.383 e. The predicted molar refractivity (Wildman–Crippen MR) is 56.4 cm³/mol. The fraction of sp³-hybridized carbons (Fsp3) is 0.250. The molecule has 2 rings (SSSR count). The first kappa shape index (κ1) is 10.1. The van der Waals surface area contributed by atoms with Gasteiger partial charge in [0.15, 0.2) is 5.82 Å². The molecule has 0 saturated heterocycles. The third-order valence-corrected chi connectivity index (χ3v) is 1.95. The van der Waals surface area contributed by atoms with Crippen LogP contribution in [0, 0.1) is 6.92 Å². The first-order valence-electron chi connectivity index (χ1n) is 4.57. The number of nitrogen functional groups attached to an aromatic ring is 2. The van der Waals surface area contributed by atoms with Gasteiger partial charge >= 0.3 is 0 Å². The number of hydrogen-bond donors (Lipinski definition) is 2. The highest BCUT2D eigenvalue weighted by atomic mass is 16.2. The minimum atomic E-state index is -0.296. The molecule has 0 atom stereocenters. The Hall–Kier alpha value is -2.38. The van der Waals surface area contributed by atoms with Gasteiger partial charge < -0.3 is 11.5 Å². The Labute approximate surface area is 90.8 Å². The van der Waals surface area contributed by atoms with Gasteiger partial charge in [-0.1, -0.05) is 5.21 Å². The van der Waals surface area contributed by atoms with E-state index in [0.29, 0.717) is 11.5 Å². The van der Waals surface area contributed by atoms with Crippen molar-refractivity contribution in [3.8, 4) is 0 Å². The molecule has 0 aliphatic rings. The van der Waals surface area contributed by atoms with E-state index in [2.05, 4.69) is 15.4 Å². The third-order valence-electron chi connectivity index (χ3n) is 1.95. The zero-order chi connectivity index (χ0) is 11.7. The lowest BCUT2D eigenvalue weighted by Gasteiger charge is -2.01. The van der Waals surface area contributed by atoms with Gasteiger partial charge in [0.2, 0.25) is 0 Å².